The van der Waals surface area contributed by atoms with E-state index >= 15 is 0 Å². The van der Waals surface area contributed by atoms with Crippen molar-refractivity contribution >= 4 is 63.0 Å². The molecule has 1 saturated heterocycles. The van der Waals surface area contributed by atoms with Crippen molar-refractivity contribution < 1.29 is 19.1 Å². The Morgan fingerprint density at radius 1 is 0.851 bits per heavy atom. The number of rotatable bonds is 6. The van der Waals surface area contributed by atoms with Crippen LogP contribution in [0.15, 0.2) is 107 Å². The highest BCUT2D eigenvalue weighted by Crippen LogP contribution is 2.68. The molecule has 4 aromatic carbocycles. The molecule has 2 aliphatic carbocycles. The second kappa shape index (κ2) is 11.0. The molecule has 4 unspecified atom stereocenters. The zero-order chi connectivity index (χ0) is 31.8. The van der Waals surface area contributed by atoms with Gasteiger partial charge in [-0.25, -0.2) is 0 Å². The van der Waals surface area contributed by atoms with E-state index < -0.39 is 0 Å². The van der Waals surface area contributed by atoms with Crippen molar-refractivity contribution in [3.8, 4) is 5.75 Å². The number of anilines is 2. The molecule has 47 heavy (non-hydrogen) atoms. The fraction of sp³-hybridized carbons (Fsp3) is 0.243. The molecule has 3 heterocycles. The lowest BCUT2D eigenvalue weighted by molar-refractivity contribution is -0.123. The number of carbonyl (C=O) groups is 3. The van der Waals surface area contributed by atoms with Crippen LogP contribution in [0.4, 0.5) is 11.4 Å². The standard InChI is InChI=1S/C37H29N3O5S2/c41-27(38-22-13-10-19-6-4-5-7-21(19)16-22)18-45-24-14-11-20(12-15-24)28-29-25-17-26(32(29)46-34-33(28)47-37(44)39-34)31-30(25)35(42)40(36(31)43)23-8-2-1-3-9-23/h1-16,25-26,28-32H,17-18H2,(H,38,41)(H,39,44)/t25-,26-,28-,29?,30?,31?,32?/m1/s1. The van der Waals surface area contributed by atoms with Crippen LogP contribution < -0.4 is 19.8 Å². The monoisotopic (exact) mass is 659 g/mol. The molecule has 3 amide bonds. The summed E-state index contributed by atoms with van der Waals surface area (Å²) in [4.78, 5) is 58.3. The quantitative estimate of drug-likeness (QED) is 0.208. The number of aromatic amines is 1. The molecule has 0 spiro atoms. The molecular formula is C37H29N3O5S2. The zero-order valence-corrected chi connectivity index (χ0v) is 26.6. The first-order valence-electron chi connectivity index (χ1n) is 15.8. The summed E-state index contributed by atoms with van der Waals surface area (Å²) in [5.74, 6) is -0.434. The predicted molar refractivity (Wildman–Crippen MR) is 182 cm³/mol. The SMILES string of the molecule is O=C(COc1ccc([C@H]2c3sc(=O)[nH]c3SC3C2[C@H]2C[C@@H]3C3C(=O)N(c4ccccc4)C(=O)C32)cc1)Nc1ccc2ccccc2c1. The second-order valence-electron chi connectivity index (χ2n) is 12.8. The van der Waals surface area contributed by atoms with Crippen LogP contribution in [0.25, 0.3) is 10.8 Å². The van der Waals surface area contributed by atoms with Gasteiger partial charge in [-0.1, -0.05) is 72.0 Å². The molecule has 0 radical (unpaired) electrons. The summed E-state index contributed by atoms with van der Waals surface area (Å²) < 4.78 is 5.86. The third kappa shape index (κ3) is 4.57. The van der Waals surface area contributed by atoms with Gasteiger partial charge in [-0.15, -0.1) is 11.8 Å². The van der Waals surface area contributed by atoms with Crippen molar-refractivity contribution in [3.63, 3.8) is 0 Å². The van der Waals surface area contributed by atoms with E-state index in [9.17, 15) is 19.2 Å². The second-order valence-corrected chi connectivity index (χ2v) is 15.0. The maximum Gasteiger partial charge on any atom is 0.305 e. The van der Waals surface area contributed by atoms with Gasteiger partial charge in [-0.2, -0.15) is 0 Å². The summed E-state index contributed by atoms with van der Waals surface area (Å²) in [6.45, 7) is -0.138. The van der Waals surface area contributed by atoms with E-state index in [2.05, 4.69) is 10.3 Å². The Balaban J connectivity index is 0.957. The number of para-hydroxylation sites is 1. The van der Waals surface area contributed by atoms with Gasteiger partial charge >= 0.3 is 4.87 Å². The Labute approximate surface area is 278 Å². The maximum absolute atomic E-state index is 13.9. The molecule has 8 nitrogen and oxygen atoms in total. The Bertz CT molecular complexity index is 2130. The third-order valence-corrected chi connectivity index (χ3v) is 13.0. The molecule has 1 aromatic heterocycles. The summed E-state index contributed by atoms with van der Waals surface area (Å²) in [5, 5.41) is 6.05. The van der Waals surface area contributed by atoms with E-state index in [-0.39, 0.29) is 70.0 Å². The first kappa shape index (κ1) is 28.5. The van der Waals surface area contributed by atoms with Crippen LogP contribution in [0.2, 0.25) is 0 Å². The van der Waals surface area contributed by atoms with Crippen LogP contribution >= 0.6 is 23.1 Å². The summed E-state index contributed by atoms with van der Waals surface area (Å²) in [5.41, 5.74) is 2.38. The minimum Gasteiger partial charge on any atom is -0.484 e. The molecule has 234 valence electrons. The molecule has 2 saturated carbocycles. The molecule has 4 aliphatic rings. The van der Waals surface area contributed by atoms with Gasteiger partial charge in [0.2, 0.25) is 11.8 Å². The fourth-order valence-electron chi connectivity index (χ4n) is 8.61. The van der Waals surface area contributed by atoms with Crippen LogP contribution in [0.5, 0.6) is 5.75 Å². The number of amides is 3. The summed E-state index contributed by atoms with van der Waals surface area (Å²) >= 11 is 2.91. The van der Waals surface area contributed by atoms with Crippen LogP contribution in [-0.4, -0.2) is 34.6 Å². The van der Waals surface area contributed by atoms with E-state index in [0.717, 1.165) is 32.7 Å². The highest BCUT2D eigenvalue weighted by Gasteiger charge is 2.69. The third-order valence-electron chi connectivity index (χ3n) is 10.4. The van der Waals surface area contributed by atoms with Gasteiger partial charge in [0, 0.05) is 21.7 Å². The molecule has 10 heteroatoms. The molecule has 5 aromatic rings. The van der Waals surface area contributed by atoms with Gasteiger partial charge in [-0.05, 0) is 76.9 Å². The summed E-state index contributed by atoms with van der Waals surface area (Å²) in [6.07, 6.45) is 0.834. The number of nitrogens with zero attached hydrogens (tertiary/aromatic N) is 1. The minimum absolute atomic E-state index is 0.0396. The number of thioether (sulfide) groups is 1. The number of ether oxygens (including phenoxy) is 1. The van der Waals surface area contributed by atoms with Crippen LogP contribution in [0.3, 0.4) is 0 Å². The molecule has 3 fully saturated rings. The number of carbonyl (C=O) groups excluding carboxylic acids is 3. The smallest absolute Gasteiger partial charge is 0.305 e. The van der Waals surface area contributed by atoms with Crippen molar-refractivity contribution in [1.29, 1.82) is 0 Å². The van der Waals surface area contributed by atoms with Gasteiger partial charge in [0.15, 0.2) is 6.61 Å². The number of hydrogen-bond donors (Lipinski definition) is 2. The number of H-pyrrole nitrogens is 1. The topological polar surface area (TPSA) is 109 Å². The fourth-order valence-corrected chi connectivity index (χ4v) is 11.5. The molecule has 7 atom stereocenters. The van der Waals surface area contributed by atoms with Crippen molar-refractivity contribution in [2.75, 3.05) is 16.8 Å². The Hall–Kier alpha value is -4.67. The van der Waals surface area contributed by atoms with Crippen LogP contribution in [0.1, 0.15) is 22.8 Å². The van der Waals surface area contributed by atoms with Crippen LogP contribution in [-0.2, 0) is 14.4 Å². The molecule has 2 aliphatic heterocycles. The molecular weight excluding hydrogens is 631 g/mol. The zero-order valence-electron chi connectivity index (χ0n) is 25.0. The van der Waals surface area contributed by atoms with Crippen molar-refractivity contribution in [2.45, 2.75) is 22.6 Å². The number of fused-ring (bicyclic) bond motifs is 10. The van der Waals surface area contributed by atoms with Gasteiger partial charge in [0.1, 0.15) is 5.75 Å². The number of benzene rings is 4. The van der Waals surface area contributed by atoms with Crippen molar-refractivity contribution in [2.24, 2.45) is 29.6 Å². The number of hydrogen-bond acceptors (Lipinski definition) is 7. The largest absolute Gasteiger partial charge is 0.484 e. The number of thiazole rings is 1. The summed E-state index contributed by atoms with van der Waals surface area (Å²) in [7, 11) is 0. The van der Waals surface area contributed by atoms with E-state index in [1.165, 1.54) is 16.2 Å². The lowest BCUT2D eigenvalue weighted by Crippen LogP contribution is -2.42. The molecule has 9 rings (SSSR count). The lowest BCUT2D eigenvalue weighted by Gasteiger charge is -2.43. The number of imide groups is 1. The highest BCUT2D eigenvalue weighted by atomic mass is 32.2. The summed E-state index contributed by atoms with van der Waals surface area (Å²) in [6, 6.07) is 30.7. The molecule has 2 N–H and O–H groups in total. The Morgan fingerprint density at radius 3 is 2.36 bits per heavy atom. The van der Waals surface area contributed by atoms with E-state index in [1.807, 2.05) is 97.1 Å². The lowest BCUT2D eigenvalue weighted by atomic mass is 9.68. The van der Waals surface area contributed by atoms with Gasteiger partial charge in [0.05, 0.1) is 22.5 Å². The van der Waals surface area contributed by atoms with E-state index in [0.29, 0.717) is 17.1 Å². The van der Waals surface area contributed by atoms with E-state index in [4.69, 9.17) is 4.74 Å². The Morgan fingerprint density at radius 2 is 1.57 bits per heavy atom. The first-order valence-corrected chi connectivity index (χ1v) is 17.5. The van der Waals surface area contributed by atoms with E-state index in [1.54, 1.807) is 11.8 Å². The average molecular weight is 660 g/mol. The first-order chi connectivity index (χ1) is 22.9. The van der Waals surface area contributed by atoms with Crippen LogP contribution in [0, 0.1) is 29.6 Å². The minimum atomic E-state index is -0.349. The van der Waals surface area contributed by atoms with Crippen molar-refractivity contribution in [1.82, 2.24) is 4.98 Å². The predicted octanol–water partition coefficient (Wildman–Crippen LogP) is 6.29. The average Bonchev–Trinajstić information content (AvgIpc) is 3.83. The maximum atomic E-state index is 13.9. The number of nitrogens with one attached hydrogen (secondary N) is 2. The Kier molecular flexibility index (Phi) is 6.65. The van der Waals surface area contributed by atoms with Crippen molar-refractivity contribution in [3.05, 3.63) is 117 Å². The normalized spacial score (nSPS) is 27.1. The van der Waals surface area contributed by atoms with Gasteiger partial charge in [0.25, 0.3) is 5.91 Å². The van der Waals surface area contributed by atoms with Gasteiger partial charge in [-0.3, -0.25) is 24.1 Å². The number of aromatic nitrogens is 1. The molecule has 2 bridgehead atoms. The van der Waals surface area contributed by atoms with Gasteiger partial charge < -0.3 is 15.0 Å². The highest BCUT2D eigenvalue weighted by molar-refractivity contribution is 8.00.